The van der Waals surface area contributed by atoms with Crippen molar-refractivity contribution in [3.05, 3.63) is 75.9 Å². The van der Waals surface area contributed by atoms with Crippen LogP contribution in [0, 0.1) is 11.3 Å². The number of benzene rings is 2. The van der Waals surface area contributed by atoms with Gasteiger partial charge < -0.3 is 34.7 Å². The molecule has 2 aliphatic heterocycles. The minimum Gasteiger partial charge on any atom is -0.497 e. The van der Waals surface area contributed by atoms with E-state index in [9.17, 15) is 5.26 Å². The Morgan fingerprint density at radius 1 is 0.971 bits per heavy atom. The minimum atomic E-state index is -0.427. The minimum absolute atomic E-state index is 0.0821. The average molecular weight is 462 g/mol. The van der Waals surface area contributed by atoms with Crippen molar-refractivity contribution in [1.82, 2.24) is 5.32 Å². The molecule has 2 aromatic rings. The van der Waals surface area contributed by atoms with Gasteiger partial charge in [0, 0.05) is 41.9 Å². The van der Waals surface area contributed by atoms with Gasteiger partial charge in [0.05, 0.1) is 34.4 Å². The van der Waals surface area contributed by atoms with Gasteiger partial charge in [0.2, 0.25) is 5.88 Å². The Kier molecular flexibility index (Phi) is 6.66. The van der Waals surface area contributed by atoms with E-state index in [0.717, 1.165) is 22.3 Å². The van der Waals surface area contributed by atoms with Crippen LogP contribution in [0.15, 0.2) is 64.8 Å². The predicted molar refractivity (Wildman–Crippen MR) is 128 cm³/mol. The number of hydrogen-bond acceptors (Lipinski definition) is 8. The van der Waals surface area contributed by atoms with Crippen molar-refractivity contribution in [2.24, 2.45) is 5.73 Å². The summed E-state index contributed by atoms with van der Waals surface area (Å²) in [6.07, 6.45) is 1.99. The van der Waals surface area contributed by atoms with Crippen LogP contribution in [-0.4, -0.2) is 41.5 Å². The molecule has 0 bridgehead atoms. The van der Waals surface area contributed by atoms with E-state index in [1.165, 1.54) is 0 Å². The number of rotatable bonds is 6. The fourth-order valence-electron chi connectivity index (χ4n) is 4.31. The number of methoxy groups -OCH3 is 4. The number of ether oxygens (including phenoxy) is 5. The SMILES string of the molecule is COc1ccc(/C=C2\CNCC3=C2OC(N)=C(C#N)C3c2ccc(OC)cc2OC)c(OC)c1. The molecular weight excluding hydrogens is 434 g/mol. The van der Waals surface area contributed by atoms with E-state index < -0.39 is 5.92 Å². The van der Waals surface area contributed by atoms with Crippen LogP contribution in [0.3, 0.4) is 0 Å². The van der Waals surface area contributed by atoms with E-state index in [0.29, 0.717) is 47.4 Å². The van der Waals surface area contributed by atoms with Gasteiger partial charge in [-0.05, 0) is 29.8 Å². The van der Waals surface area contributed by atoms with E-state index in [1.807, 2.05) is 36.4 Å². The normalized spacial score (nSPS) is 18.7. The van der Waals surface area contributed by atoms with Crippen LogP contribution in [0.25, 0.3) is 6.08 Å². The van der Waals surface area contributed by atoms with Crippen LogP contribution in [0.2, 0.25) is 0 Å². The summed E-state index contributed by atoms with van der Waals surface area (Å²) in [7, 11) is 6.41. The Labute approximate surface area is 198 Å². The van der Waals surface area contributed by atoms with Crippen molar-refractivity contribution < 1.29 is 23.7 Å². The lowest BCUT2D eigenvalue weighted by Crippen LogP contribution is -2.34. The van der Waals surface area contributed by atoms with E-state index >= 15 is 0 Å². The molecule has 3 N–H and O–H groups in total. The second-order valence-corrected chi connectivity index (χ2v) is 7.77. The summed E-state index contributed by atoms with van der Waals surface area (Å²) >= 11 is 0. The summed E-state index contributed by atoms with van der Waals surface area (Å²) in [5.74, 6) is 2.94. The first-order chi connectivity index (χ1) is 16.5. The number of hydrogen-bond donors (Lipinski definition) is 2. The second-order valence-electron chi connectivity index (χ2n) is 7.77. The largest absolute Gasteiger partial charge is 0.497 e. The smallest absolute Gasteiger partial charge is 0.205 e. The fraction of sp³-hybridized carbons (Fsp3) is 0.269. The van der Waals surface area contributed by atoms with E-state index in [1.54, 1.807) is 34.5 Å². The fourth-order valence-corrected chi connectivity index (χ4v) is 4.31. The van der Waals surface area contributed by atoms with Gasteiger partial charge in [-0.2, -0.15) is 5.26 Å². The topological polar surface area (TPSA) is 108 Å². The molecule has 0 saturated heterocycles. The molecule has 0 fully saturated rings. The van der Waals surface area contributed by atoms with Gasteiger partial charge in [-0.3, -0.25) is 0 Å². The van der Waals surface area contributed by atoms with Gasteiger partial charge in [0.25, 0.3) is 0 Å². The van der Waals surface area contributed by atoms with Crippen molar-refractivity contribution in [2.45, 2.75) is 5.92 Å². The van der Waals surface area contributed by atoms with Crippen LogP contribution in [0.5, 0.6) is 23.0 Å². The maximum atomic E-state index is 9.95. The lowest BCUT2D eigenvalue weighted by atomic mass is 9.80. The molecule has 0 aromatic heterocycles. The van der Waals surface area contributed by atoms with Crippen molar-refractivity contribution in [3.63, 3.8) is 0 Å². The van der Waals surface area contributed by atoms with Gasteiger partial charge >= 0.3 is 0 Å². The second kappa shape index (κ2) is 9.81. The maximum Gasteiger partial charge on any atom is 0.205 e. The predicted octanol–water partition coefficient (Wildman–Crippen LogP) is 3.47. The summed E-state index contributed by atoms with van der Waals surface area (Å²) < 4.78 is 27.9. The standard InChI is InChI=1S/C26H27N3O5/c1-30-17-6-5-15(22(10-17)32-3)9-16-13-29-14-21-24(20(12-27)26(28)34-25(16)21)19-8-7-18(31-2)11-23(19)33-4/h5-11,24,29H,13-14,28H2,1-4H3/b16-9+. The first-order valence-electron chi connectivity index (χ1n) is 10.7. The zero-order chi connectivity index (χ0) is 24.2. The first kappa shape index (κ1) is 23.1. The Morgan fingerprint density at radius 2 is 1.65 bits per heavy atom. The third kappa shape index (κ3) is 4.14. The Hall–Kier alpha value is -4.09. The number of nitrogens with zero attached hydrogens (tertiary/aromatic N) is 1. The Morgan fingerprint density at radius 3 is 2.29 bits per heavy atom. The molecule has 4 rings (SSSR count). The van der Waals surface area contributed by atoms with E-state index in [4.69, 9.17) is 29.4 Å². The van der Waals surface area contributed by atoms with Gasteiger partial charge in [-0.15, -0.1) is 0 Å². The molecule has 176 valence electrons. The third-order valence-corrected chi connectivity index (χ3v) is 5.97. The van der Waals surface area contributed by atoms with Crippen LogP contribution < -0.4 is 30.0 Å². The van der Waals surface area contributed by atoms with Gasteiger partial charge in [0.15, 0.2) is 0 Å². The van der Waals surface area contributed by atoms with Crippen LogP contribution in [0.4, 0.5) is 0 Å². The van der Waals surface area contributed by atoms with E-state index in [2.05, 4.69) is 11.4 Å². The summed E-state index contributed by atoms with van der Waals surface area (Å²) in [6.45, 7) is 1.10. The molecule has 8 nitrogen and oxygen atoms in total. The number of allylic oxidation sites excluding steroid dienone is 1. The molecule has 34 heavy (non-hydrogen) atoms. The zero-order valence-electron chi connectivity index (χ0n) is 19.6. The van der Waals surface area contributed by atoms with Crippen LogP contribution >= 0.6 is 0 Å². The van der Waals surface area contributed by atoms with Gasteiger partial charge in [0.1, 0.15) is 40.4 Å². The monoisotopic (exact) mass is 461 g/mol. The lowest BCUT2D eigenvalue weighted by Gasteiger charge is -2.34. The summed E-state index contributed by atoms with van der Waals surface area (Å²) in [5, 5.41) is 13.4. The molecule has 1 unspecified atom stereocenters. The molecule has 1 atom stereocenters. The van der Waals surface area contributed by atoms with Gasteiger partial charge in [-0.25, -0.2) is 0 Å². The van der Waals surface area contributed by atoms with Gasteiger partial charge in [-0.1, -0.05) is 6.07 Å². The molecular formula is C26H27N3O5. The highest BCUT2D eigenvalue weighted by Crippen LogP contribution is 2.45. The zero-order valence-corrected chi connectivity index (χ0v) is 19.6. The summed E-state index contributed by atoms with van der Waals surface area (Å²) in [5.41, 5.74) is 10.1. The highest BCUT2D eigenvalue weighted by atomic mass is 16.5. The molecule has 8 heteroatoms. The van der Waals surface area contributed by atoms with Crippen molar-refractivity contribution in [3.8, 4) is 29.1 Å². The number of nitrogens with two attached hydrogens (primary N) is 1. The van der Waals surface area contributed by atoms with E-state index in [-0.39, 0.29) is 5.88 Å². The molecule has 0 spiro atoms. The average Bonchev–Trinajstić information content (AvgIpc) is 2.88. The third-order valence-electron chi connectivity index (χ3n) is 5.97. The Bertz CT molecular complexity index is 1240. The molecule has 0 amide bonds. The summed E-state index contributed by atoms with van der Waals surface area (Å²) in [6, 6.07) is 13.4. The van der Waals surface area contributed by atoms with Crippen LogP contribution in [0.1, 0.15) is 17.0 Å². The molecule has 0 radical (unpaired) electrons. The molecule has 0 aliphatic carbocycles. The Balaban J connectivity index is 1.86. The highest BCUT2D eigenvalue weighted by molar-refractivity contribution is 5.67. The molecule has 2 aromatic carbocycles. The number of nitriles is 1. The molecule has 0 saturated carbocycles. The van der Waals surface area contributed by atoms with Crippen molar-refractivity contribution in [2.75, 3.05) is 41.5 Å². The van der Waals surface area contributed by atoms with Crippen molar-refractivity contribution >= 4 is 6.08 Å². The van der Waals surface area contributed by atoms with Crippen molar-refractivity contribution in [1.29, 1.82) is 5.26 Å². The first-order valence-corrected chi connectivity index (χ1v) is 10.7. The highest BCUT2D eigenvalue weighted by Gasteiger charge is 2.37. The summed E-state index contributed by atoms with van der Waals surface area (Å²) in [4.78, 5) is 0. The number of nitrogens with one attached hydrogen (secondary N) is 1. The quantitative estimate of drug-likeness (QED) is 0.673. The molecule has 2 heterocycles. The lowest BCUT2D eigenvalue weighted by molar-refractivity contribution is 0.278. The maximum absolute atomic E-state index is 9.95. The molecule has 2 aliphatic rings. The van der Waals surface area contributed by atoms with Crippen LogP contribution in [-0.2, 0) is 4.74 Å².